The highest BCUT2D eigenvalue weighted by atomic mass is 32.1. The van der Waals surface area contributed by atoms with E-state index >= 15 is 0 Å². The first-order chi connectivity index (χ1) is 8.72. The third kappa shape index (κ3) is 1.46. The molecule has 0 saturated heterocycles. The van der Waals surface area contributed by atoms with E-state index in [2.05, 4.69) is 25.6 Å². The van der Waals surface area contributed by atoms with Gasteiger partial charge in [0, 0.05) is 4.88 Å². The van der Waals surface area contributed by atoms with Gasteiger partial charge < -0.3 is 0 Å². The quantitative estimate of drug-likeness (QED) is 0.739. The van der Waals surface area contributed by atoms with Crippen molar-refractivity contribution in [2.24, 2.45) is 0 Å². The summed E-state index contributed by atoms with van der Waals surface area (Å²) in [6.45, 7) is 4.03. The van der Waals surface area contributed by atoms with Crippen LogP contribution in [0.5, 0.6) is 0 Å². The smallest absolute Gasteiger partial charge is 0.268 e. The summed E-state index contributed by atoms with van der Waals surface area (Å²) in [5.41, 5.74) is 0.911. The Morgan fingerprint density at radius 3 is 3.00 bits per heavy atom. The largest absolute Gasteiger partial charge is 0.269 e. The molecule has 0 bridgehead atoms. The van der Waals surface area contributed by atoms with Crippen LogP contribution in [0.25, 0.3) is 16.2 Å². The molecule has 92 valence electrons. The second-order valence-corrected chi connectivity index (χ2v) is 5.02. The Balaban J connectivity index is 2.38. The number of tetrazole rings is 1. The second-order valence-electron chi connectivity index (χ2n) is 3.82. The molecular formula is C10H10N6OS. The normalized spacial score (nSPS) is 11.2. The van der Waals surface area contributed by atoms with E-state index in [4.69, 9.17) is 0 Å². The van der Waals surface area contributed by atoms with Gasteiger partial charge in [-0.2, -0.15) is 0 Å². The number of H-pyrrole nitrogens is 1. The van der Waals surface area contributed by atoms with Gasteiger partial charge in [0.25, 0.3) is 11.5 Å². The molecule has 1 N–H and O–H groups in total. The van der Waals surface area contributed by atoms with Gasteiger partial charge in [-0.15, -0.1) is 11.3 Å². The molecule has 0 fully saturated rings. The molecule has 0 aliphatic heterocycles. The summed E-state index contributed by atoms with van der Waals surface area (Å²) < 4.78 is 1.33. The maximum absolute atomic E-state index is 12.4. The fraction of sp³-hybridized carbons (Fsp3) is 0.300. The molecule has 0 amide bonds. The van der Waals surface area contributed by atoms with Crippen LogP contribution in [0.15, 0.2) is 11.1 Å². The van der Waals surface area contributed by atoms with Gasteiger partial charge in [0.2, 0.25) is 0 Å². The van der Waals surface area contributed by atoms with Gasteiger partial charge in [0.05, 0.1) is 5.39 Å². The lowest BCUT2D eigenvalue weighted by Gasteiger charge is -2.00. The zero-order valence-corrected chi connectivity index (χ0v) is 10.7. The maximum atomic E-state index is 12.4. The number of rotatable bonds is 2. The number of hydrogen-bond donors (Lipinski definition) is 1. The number of aromatic nitrogens is 6. The highest BCUT2D eigenvalue weighted by Crippen LogP contribution is 2.26. The van der Waals surface area contributed by atoms with Crippen molar-refractivity contribution in [1.29, 1.82) is 0 Å². The van der Waals surface area contributed by atoms with E-state index in [1.807, 2.05) is 13.8 Å². The summed E-state index contributed by atoms with van der Waals surface area (Å²) >= 11 is 1.54. The van der Waals surface area contributed by atoms with E-state index in [1.165, 1.54) is 22.2 Å². The van der Waals surface area contributed by atoms with Crippen molar-refractivity contribution in [3.63, 3.8) is 0 Å². The lowest BCUT2D eigenvalue weighted by atomic mass is 10.1. The van der Waals surface area contributed by atoms with Crippen molar-refractivity contribution in [3.05, 3.63) is 27.1 Å². The first kappa shape index (κ1) is 11.0. The molecule has 0 unspecified atom stereocenters. The van der Waals surface area contributed by atoms with Crippen LogP contribution >= 0.6 is 11.3 Å². The summed E-state index contributed by atoms with van der Waals surface area (Å²) in [6.07, 6.45) is 2.25. The molecule has 3 aromatic heterocycles. The van der Waals surface area contributed by atoms with Gasteiger partial charge in [-0.3, -0.25) is 4.79 Å². The Labute approximate surface area is 105 Å². The Hall–Kier alpha value is -2.09. The number of fused-ring (bicyclic) bond motifs is 1. The van der Waals surface area contributed by atoms with Gasteiger partial charge in [-0.1, -0.05) is 12.0 Å². The topological polar surface area (TPSA) is 89.3 Å². The molecule has 3 heterocycles. The monoisotopic (exact) mass is 262 g/mol. The molecule has 0 saturated carbocycles. The van der Waals surface area contributed by atoms with Crippen molar-refractivity contribution in [2.75, 3.05) is 0 Å². The minimum Gasteiger partial charge on any atom is -0.268 e. The molecule has 0 aliphatic rings. The van der Waals surface area contributed by atoms with Crippen LogP contribution in [0.2, 0.25) is 0 Å². The van der Waals surface area contributed by atoms with Crippen molar-refractivity contribution >= 4 is 21.6 Å². The van der Waals surface area contributed by atoms with E-state index in [0.717, 1.165) is 21.7 Å². The SMILES string of the molecule is CCc1c(C)sc2ncn(-c3nnn[nH]3)c(=O)c12. The molecule has 0 radical (unpaired) electrons. The number of aryl methyl sites for hydroxylation is 2. The Bertz CT molecular complexity index is 757. The molecule has 0 aromatic carbocycles. The second kappa shape index (κ2) is 3.98. The zero-order valence-electron chi connectivity index (χ0n) is 9.84. The number of aromatic amines is 1. The molecule has 0 atom stereocenters. The van der Waals surface area contributed by atoms with E-state index in [-0.39, 0.29) is 11.5 Å². The minimum atomic E-state index is -0.139. The van der Waals surface area contributed by atoms with Crippen LogP contribution in [0.4, 0.5) is 0 Å². The molecule has 18 heavy (non-hydrogen) atoms. The van der Waals surface area contributed by atoms with E-state index < -0.39 is 0 Å². The molecule has 7 nitrogen and oxygen atoms in total. The number of thiophene rings is 1. The number of hydrogen-bond acceptors (Lipinski definition) is 6. The van der Waals surface area contributed by atoms with Crippen LogP contribution in [-0.4, -0.2) is 30.2 Å². The van der Waals surface area contributed by atoms with Crippen LogP contribution in [0.1, 0.15) is 17.4 Å². The molecule has 8 heteroatoms. The van der Waals surface area contributed by atoms with Crippen LogP contribution < -0.4 is 5.56 Å². The Morgan fingerprint density at radius 1 is 1.50 bits per heavy atom. The number of nitrogens with zero attached hydrogens (tertiary/aromatic N) is 5. The average molecular weight is 262 g/mol. The summed E-state index contributed by atoms with van der Waals surface area (Å²) in [6, 6.07) is 0. The summed E-state index contributed by atoms with van der Waals surface area (Å²) in [7, 11) is 0. The van der Waals surface area contributed by atoms with Gasteiger partial charge in [0.15, 0.2) is 0 Å². The maximum Gasteiger partial charge on any atom is 0.269 e. The van der Waals surface area contributed by atoms with Crippen LogP contribution in [0, 0.1) is 6.92 Å². The molecule has 0 spiro atoms. The van der Waals surface area contributed by atoms with Crippen molar-refractivity contribution in [3.8, 4) is 5.95 Å². The molecule has 3 aromatic rings. The predicted octanol–water partition coefficient (Wildman–Crippen LogP) is 0.831. The molecule has 0 aliphatic carbocycles. The van der Waals surface area contributed by atoms with Gasteiger partial charge in [-0.05, 0) is 29.3 Å². The van der Waals surface area contributed by atoms with Crippen molar-refractivity contribution in [2.45, 2.75) is 20.3 Å². The number of nitrogens with one attached hydrogen (secondary N) is 1. The Kier molecular flexibility index (Phi) is 2.44. The molecular weight excluding hydrogens is 252 g/mol. The first-order valence-corrected chi connectivity index (χ1v) is 6.27. The lowest BCUT2D eigenvalue weighted by molar-refractivity contribution is 0.877. The zero-order chi connectivity index (χ0) is 12.7. The third-order valence-corrected chi connectivity index (χ3v) is 3.88. The first-order valence-electron chi connectivity index (χ1n) is 5.46. The van der Waals surface area contributed by atoms with Crippen LogP contribution in [0.3, 0.4) is 0 Å². The summed E-state index contributed by atoms with van der Waals surface area (Å²) in [5.74, 6) is 0.278. The van der Waals surface area contributed by atoms with Crippen molar-refractivity contribution < 1.29 is 0 Å². The van der Waals surface area contributed by atoms with Crippen molar-refractivity contribution in [1.82, 2.24) is 30.2 Å². The van der Waals surface area contributed by atoms with E-state index in [1.54, 1.807) is 0 Å². The van der Waals surface area contributed by atoms with Gasteiger partial charge >= 0.3 is 0 Å². The van der Waals surface area contributed by atoms with Crippen LogP contribution in [-0.2, 0) is 6.42 Å². The van der Waals surface area contributed by atoms with Gasteiger partial charge in [0.1, 0.15) is 11.2 Å². The van der Waals surface area contributed by atoms with E-state index in [9.17, 15) is 4.79 Å². The summed E-state index contributed by atoms with van der Waals surface area (Å²) in [5, 5.41) is 13.9. The molecule has 3 rings (SSSR count). The van der Waals surface area contributed by atoms with Gasteiger partial charge in [-0.25, -0.2) is 14.6 Å². The highest BCUT2D eigenvalue weighted by molar-refractivity contribution is 7.18. The Morgan fingerprint density at radius 2 is 2.33 bits per heavy atom. The lowest BCUT2D eigenvalue weighted by Crippen LogP contribution is -2.20. The minimum absolute atomic E-state index is 0.139. The highest BCUT2D eigenvalue weighted by Gasteiger charge is 2.15. The average Bonchev–Trinajstić information content (AvgIpc) is 2.96. The fourth-order valence-corrected chi connectivity index (χ4v) is 3.06. The standard InChI is InChI=1S/C10H10N6OS/c1-3-6-5(2)18-8-7(6)9(17)16(4-11-8)10-12-14-15-13-10/h4H,3H2,1-2H3,(H,12,13,14,15). The van der Waals surface area contributed by atoms with E-state index in [0.29, 0.717) is 5.39 Å². The predicted molar refractivity (Wildman–Crippen MR) is 67.1 cm³/mol. The third-order valence-electron chi connectivity index (χ3n) is 2.83. The summed E-state index contributed by atoms with van der Waals surface area (Å²) in [4.78, 5) is 18.6. The fourth-order valence-electron chi connectivity index (χ4n) is 1.99.